The molecule has 1 atom stereocenters. The lowest BCUT2D eigenvalue weighted by Crippen LogP contribution is -1.93. The Labute approximate surface area is 55.5 Å². The van der Waals surface area contributed by atoms with Gasteiger partial charge in [-0.1, -0.05) is 19.8 Å². The fraction of sp³-hybridized carbons (Fsp3) is 0.857. The van der Waals surface area contributed by atoms with E-state index < -0.39 is 6.17 Å². The van der Waals surface area contributed by atoms with Crippen molar-refractivity contribution < 1.29 is 4.39 Å². The summed E-state index contributed by atoms with van der Waals surface area (Å²) >= 11 is 0. The molecule has 0 rings (SSSR count). The van der Waals surface area contributed by atoms with Crippen LogP contribution in [0, 0.1) is 11.3 Å². The van der Waals surface area contributed by atoms with Gasteiger partial charge in [0.15, 0.2) is 6.17 Å². The number of rotatable bonds is 4. The van der Waals surface area contributed by atoms with Crippen LogP contribution < -0.4 is 0 Å². The van der Waals surface area contributed by atoms with Gasteiger partial charge in [0, 0.05) is 0 Å². The number of halogens is 1. The summed E-state index contributed by atoms with van der Waals surface area (Å²) in [7, 11) is 0. The average molecular weight is 129 g/mol. The minimum absolute atomic E-state index is 0.407. The van der Waals surface area contributed by atoms with Gasteiger partial charge in [-0.25, -0.2) is 4.39 Å². The Morgan fingerprint density at radius 2 is 2.22 bits per heavy atom. The topological polar surface area (TPSA) is 23.8 Å². The molecule has 1 nitrogen and oxygen atoms in total. The molecule has 0 fully saturated rings. The highest BCUT2D eigenvalue weighted by Crippen LogP contribution is 2.04. The molecule has 0 bridgehead atoms. The van der Waals surface area contributed by atoms with Crippen molar-refractivity contribution in [2.24, 2.45) is 0 Å². The van der Waals surface area contributed by atoms with Gasteiger partial charge in [-0.15, -0.1) is 0 Å². The molecule has 1 unspecified atom stereocenters. The van der Waals surface area contributed by atoms with E-state index in [1.807, 2.05) is 0 Å². The van der Waals surface area contributed by atoms with Crippen LogP contribution in [0.5, 0.6) is 0 Å². The lowest BCUT2D eigenvalue weighted by molar-refractivity contribution is 0.375. The quantitative estimate of drug-likeness (QED) is 0.535. The fourth-order valence-corrected chi connectivity index (χ4v) is 0.638. The van der Waals surface area contributed by atoms with Gasteiger partial charge in [-0.2, -0.15) is 5.26 Å². The zero-order chi connectivity index (χ0) is 7.11. The molecule has 0 amide bonds. The van der Waals surface area contributed by atoms with Crippen molar-refractivity contribution in [3.8, 4) is 6.07 Å². The molecule has 0 radical (unpaired) electrons. The summed E-state index contributed by atoms with van der Waals surface area (Å²) in [5.41, 5.74) is 0. The highest BCUT2D eigenvalue weighted by Gasteiger charge is 2.00. The van der Waals surface area contributed by atoms with Crippen LogP contribution in [-0.4, -0.2) is 6.17 Å². The Balaban J connectivity index is 2.99. The van der Waals surface area contributed by atoms with Crippen LogP contribution in [0.3, 0.4) is 0 Å². The predicted molar refractivity (Wildman–Crippen MR) is 34.7 cm³/mol. The first kappa shape index (κ1) is 8.42. The fourth-order valence-electron chi connectivity index (χ4n) is 0.638. The summed E-state index contributed by atoms with van der Waals surface area (Å²) in [4.78, 5) is 0. The standard InChI is InChI=1S/C7H12FN/c1-2-3-4-5-7(8)6-9/h7H,2-5H2,1H3. The third-order valence-corrected chi connectivity index (χ3v) is 1.20. The highest BCUT2D eigenvalue weighted by molar-refractivity contribution is 4.81. The highest BCUT2D eigenvalue weighted by atomic mass is 19.1. The van der Waals surface area contributed by atoms with E-state index in [2.05, 4.69) is 6.92 Å². The average Bonchev–Trinajstić information content (AvgIpc) is 1.89. The molecule has 0 saturated heterocycles. The Bertz CT molecular complexity index is 95.6. The maximum atomic E-state index is 12.1. The van der Waals surface area contributed by atoms with E-state index in [9.17, 15) is 4.39 Å². The molecule has 0 heterocycles. The van der Waals surface area contributed by atoms with Crippen LogP contribution >= 0.6 is 0 Å². The Kier molecular flexibility index (Phi) is 5.20. The van der Waals surface area contributed by atoms with Crippen LogP contribution in [0.2, 0.25) is 0 Å². The van der Waals surface area contributed by atoms with Crippen LogP contribution in [0.15, 0.2) is 0 Å². The molecule has 2 heteroatoms. The normalized spacial score (nSPS) is 12.6. The summed E-state index contributed by atoms with van der Waals surface area (Å²) in [5.74, 6) is 0. The first-order valence-electron chi connectivity index (χ1n) is 3.35. The summed E-state index contributed by atoms with van der Waals surface area (Å²) in [6, 6.07) is 1.56. The number of unbranched alkanes of at least 4 members (excludes halogenated alkanes) is 2. The van der Waals surface area contributed by atoms with E-state index in [-0.39, 0.29) is 0 Å². The minimum atomic E-state index is -1.24. The summed E-state index contributed by atoms with van der Waals surface area (Å²) in [6.45, 7) is 2.06. The van der Waals surface area contributed by atoms with Crippen molar-refractivity contribution in [3.05, 3.63) is 0 Å². The summed E-state index contributed by atoms with van der Waals surface area (Å²) in [5, 5.41) is 8.01. The molecule has 0 aliphatic rings. The molecule has 0 N–H and O–H groups in total. The van der Waals surface area contributed by atoms with Gasteiger partial charge in [0.1, 0.15) is 0 Å². The van der Waals surface area contributed by atoms with E-state index in [1.54, 1.807) is 6.07 Å². The molecule has 52 valence electrons. The number of alkyl halides is 1. The molecule has 0 aromatic rings. The first-order chi connectivity index (χ1) is 4.31. The largest absolute Gasteiger partial charge is 0.231 e. The van der Waals surface area contributed by atoms with E-state index in [1.165, 1.54) is 0 Å². The van der Waals surface area contributed by atoms with Crippen molar-refractivity contribution in [3.63, 3.8) is 0 Å². The van der Waals surface area contributed by atoms with Gasteiger partial charge >= 0.3 is 0 Å². The lowest BCUT2D eigenvalue weighted by Gasteiger charge is -1.95. The number of nitriles is 1. The summed E-state index contributed by atoms with van der Waals surface area (Å²) < 4.78 is 12.1. The van der Waals surface area contributed by atoms with Crippen molar-refractivity contribution in [2.75, 3.05) is 0 Å². The van der Waals surface area contributed by atoms with E-state index in [0.29, 0.717) is 6.42 Å². The summed E-state index contributed by atoms with van der Waals surface area (Å²) in [6.07, 6.45) is 2.12. The predicted octanol–water partition coefficient (Wildman–Crippen LogP) is 2.43. The second-order valence-electron chi connectivity index (χ2n) is 2.09. The SMILES string of the molecule is CCCCCC(F)C#N. The van der Waals surface area contributed by atoms with Crippen molar-refractivity contribution >= 4 is 0 Å². The van der Waals surface area contributed by atoms with E-state index in [0.717, 1.165) is 19.3 Å². The van der Waals surface area contributed by atoms with Gasteiger partial charge < -0.3 is 0 Å². The van der Waals surface area contributed by atoms with E-state index >= 15 is 0 Å². The molecule has 0 aromatic carbocycles. The molecule has 0 aliphatic carbocycles. The maximum Gasteiger partial charge on any atom is 0.186 e. The smallest absolute Gasteiger partial charge is 0.186 e. The molecule has 0 saturated carbocycles. The number of nitrogens with zero attached hydrogens (tertiary/aromatic N) is 1. The second-order valence-corrected chi connectivity index (χ2v) is 2.09. The zero-order valence-electron chi connectivity index (χ0n) is 5.73. The first-order valence-corrected chi connectivity index (χ1v) is 3.35. The van der Waals surface area contributed by atoms with E-state index in [4.69, 9.17) is 5.26 Å². The second kappa shape index (κ2) is 5.55. The van der Waals surface area contributed by atoms with Gasteiger partial charge in [-0.05, 0) is 12.8 Å². The lowest BCUT2D eigenvalue weighted by atomic mass is 10.1. The number of hydrogen-bond donors (Lipinski definition) is 0. The molecule has 0 aliphatic heterocycles. The number of hydrogen-bond acceptors (Lipinski definition) is 1. The van der Waals surface area contributed by atoms with Crippen molar-refractivity contribution in [1.82, 2.24) is 0 Å². The Morgan fingerprint density at radius 1 is 1.56 bits per heavy atom. The van der Waals surface area contributed by atoms with Gasteiger partial charge in [0.05, 0.1) is 6.07 Å². The van der Waals surface area contributed by atoms with Gasteiger partial charge in [-0.3, -0.25) is 0 Å². The Morgan fingerprint density at radius 3 is 2.67 bits per heavy atom. The monoisotopic (exact) mass is 129 g/mol. The van der Waals surface area contributed by atoms with Gasteiger partial charge in [0.2, 0.25) is 0 Å². The van der Waals surface area contributed by atoms with Crippen LogP contribution in [0.25, 0.3) is 0 Å². The maximum absolute atomic E-state index is 12.1. The van der Waals surface area contributed by atoms with Crippen LogP contribution in [0.1, 0.15) is 32.6 Å². The zero-order valence-corrected chi connectivity index (χ0v) is 5.73. The molecule has 0 aromatic heterocycles. The van der Waals surface area contributed by atoms with Crippen molar-refractivity contribution in [2.45, 2.75) is 38.8 Å². The third-order valence-electron chi connectivity index (χ3n) is 1.20. The molecule has 0 spiro atoms. The van der Waals surface area contributed by atoms with Crippen LogP contribution in [-0.2, 0) is 0 Å². The van der Waals surface area contributed by atoms with Gasteiger partial charge in [0.25, 0.3) is 0 Å². The molecular weight excluding hydrogens is 117 g/mol. The third kappa shape index (κ3) is 5.29. The van der Waals surface area contributed by atoms with Crippen molar-refractivity contribution in [1.29, 1.82) is 5.26 Å². The Hall–Kier alpha value is -0.580. The molecular formula is C7H12FN. The van der Waals surface area contributed by atoms with Crippen LogP contribution in [0.4, 0.5) is 4.39 Å². The minimum Gasteiger partial charge on any atom is -0.231 e. The molecule has 9 heavy (non-hydrogen) atoms.